The van der Waals surface area contributed by atoms with Crippen molar-refractivity contribution in [3.8, 4) is 0 Å². The summed E-state index contributed by atoms with van der Waals surface area (Å²) in [5, 5.41) is 28.4. The van der Waals surface area contributed by atoms with Crippen LogP contribution in [0, 0.1) is 0 Å². The van der Waals surface area contributed by atoms with Gasteiger partial charge in [0, 0.05) is 0 Å². The quantitative estimate of drug-likeness (QED) is 0.381. The van der Waals surface area contributed by atoms with Crippen molar-refractivity contribution in [1.82, 2.24) is 4.90 Å². The van der Waals surface area contributed by atoms with E-state index in [1.165, 1.54) is 0 Å². The standard InChI is InChI=1S/C8H13NO3/c1-9-4-2-3-5(9)7(11)8(12)6(4)10/h2-8,10-12H,1H3. The molecule has 0 aromatic carbocycles. The number of rotatable bonds is 0. The molecular formula is C8H13NO3. The summed E-state index contributed by atoms with van der Waals surface area (Å²) in [6.07, 6.45) is 0.884. The molecule has 2 aliphatic rings. The molecule has 68 valence electrons. The van der Waals surface area contributed by atoms with Gasteiger partial charge in [-0.3, -0.25) is 4.90 Å². The monoisotopic (exact) mass is 171 g/mol. The first-order valence-corrected chi connectivity index (χ1v) is 4.07. The lowest BCUT2D eigenvalue weighted by Crippen LogP contribution is -2.61. The van der Waals surface area contributed by atoms with Crippen LogP contribution in [0.5, 0.6) is 0 Å². The first-order chi connectivity index (χ1) is 5.63. The summed E-state index contributed by atoms with van der Waals surface area (Å²) in [4.78, 5) is 1.86. The topological polar surface area (TPSA) is 63.9 Å². The van der Waals surface area contributed by atoms with Gasteiger partial charge in [0.2, 0.25) is 0 Å². The summed E-state index contributed by atoms with van der Waals surface area (Å²) in [5.74, 6) is 0. The second kappa shape index (κ2) is 2.53. The Balaban J connectivity index is 2.28. The van der Waals surface area contributed by atoms with Crippen molar-refractivity contribution in [2.24, 2.45) is 0 Å². The molecule has 1 saturated heterocycles. The van der Waals surface area contributed by atoms with Crippen LogP contribution in [-0.4, -0.2) is 57.7 Å². The van der Waals surface area contributed by atoms with Crippen LogP contribution in [0.3, 0.4) is 0 Å². The van der Waals surface area contributed by atoms with E-state index in [4.69, 9.17) is 0 Å². The predicted molar refractivity (Wildman–Crippen MR) is 42.5 cm³/mol. The molecule has 4 nitrogen and oxygen atoms in total. The molecule has 0 spiro atoms. The first kappa shape index (κ1) is 8.19. The summed E-state index contributed by atoms with van der Waals surface area (Å²) in [6, 6.07) is -0.290. The molecule has 4 heteroatoms. The van der Waals surface area contributed by atoms with Crippen LogP contribution in [0.1, 0.15) is 0 Å². The Labute approximate surface area is 70.7 Å². The van der Waals surface area contributed by atoms with E-state index in [0.29, 0.717) is 0 Å². The van der Waals surface area contributed by atoms with Crippen LogP contribution in [-0.2, 0) is 0 Å². The van der Waals surface area contributed by atoms with E-state index >= 15 is 0 Å². The van der Waals surface area contributed by atoms with Crippen LogP contribution in [0.4, 0.5) is 0 Å². The fraction of sp³-hybridized carbons (Fsp3) is 0.750. The van der Waals surface area contributed by atoms with Gasteiger partial charge in [0.1, 0.15) is 18.3 Å². The Kier molecular flexibility index (Phi) is 1.73. The molecule has 0 amide bonds. The van der Waals surface area contributed by atoms with Crippen molar-refractivity contribution in [2.75, 3.05) is 7.05 Å². The zero-order chi connectivity index (χ0) is 8.88. The van der Waals surface area contributed by atoms with Gasteiger partial charge in [0.25, 0.3) is 0 Å². The number of hydrogen-bond donors (Lipinski definition) is 3. The molecule has 1 fully saturated rings. The Morgan fingerprint density at radius 3 is 1.75 bits per heavy atom. The van der Waals surface area contributed by atoms with Gasteiger partial charge in [-0.15, -0.1) is 0 Å². The summed E-state index contributed by atoms with van der Waals surface area (Å²) >= 11 is 0. The lowest BCUT2D eigenvalue weighted by molar-refractivity contribution is -0.130. The maximum absolute atomic E-state index is 9.50. The normalized spacial score (nSPS) is 53.2. The van der Waals surface area contributed by atoms with Gasteiger partial charge in [0.15, 0.2) is 0 Å². The van der Waals surface area contributed by atoms with Crippen molar-refractivity contribution >= 4 is 0 Å². The Bertz CT molecular complexity index is 198. The molecule has 4 unspecified atom stereocenters. The van der Waals surface area contributed by atoms with Gasteiger partial charge in [0.05, 0.1) is 12.1 Å². The maximum Gasteiger partial charge on any atom is 0.109 e. The zero-order valence-corrected chi connectivity index (χ0v) is 6.83. The Morgan fingerprint density at radius 2 is 1.33 bits per heavy atom. The minimum Gasteiger partial charge on any atom is -0.388 e. The smallest absolute Gasteiger partial charge is 0.109 e. The summed E-state index contributed by atoms with van der Waals surface area (Å²) in [5.41, 5.74) is 0. The molecule has 2 aliphatic heterocycles. The zero-order valence-electron chi connectivity index (χ0n) is 6.83. The third kappa shape index (κ3) is 0.863. The number of likely N-dealkylation sites (N-methyl/N-ethyl adjacent to an activating group) is 1. The highest BCUT2D eigenvalue weighted by Gasteiger charge is 2.46. The second-order valence-corrected chi connectivity index (χ2v) is 3.50. The molecule has 0 aliphatic carbocycles. The lowest BCUT2D eigenvalue weighted by Gasteiger charge is -2.41. The van der Waals surface area contributed by atoms with Crippen molar-refractivity contribution in [3.05, 3.63) is 12.2 Å². The van der Waals surface area contributed by atoms with Gasteiger partial charge in [-0.25, -0.2) is 0 Å². The van der Waals surface area contributed by atoms with Gasteiger partial charge in [-0.2, -0.15) is 0 Å². The van der Waals surface area contributed by atoms with Crippen LogP contribution in [0.25, 0.3) is 0 Å². The highest BCUT2D eigenvalue weighted by molar-refractivity contribution is 5.20. The van der Waals surface area contributed by atoms with E-state index in [2.05, 4.69) is 0 Å². The second-order valence-electron chi connectivity index (χ2n) is 3.50. The molecule has 0 aromatic rings. The number of hydrogen-bond acceptors (Lipinski definition) is 4. The van der Waals surface area contributed by atoms with E-state index in [9.17, 15) is 15.3 Å². The fourth-order valence-electron chi connectivity index (χ4n) is 2.01. The minimum absolute atomic E-state index is 0.145. The third-order valence-corrected chi connectivity index (χ3v) is 2.85. The van der Waals surface area contributed by atoms with Crippen molar-refractivity contribution in [1.29, 1.82) is 0 Å². The average molecular weight is 171 g/mol. The van der Waals surface area contributed by atoms with E-state index < -0.39 is 18.3 Å². The van der Waals surface area contributed by atoms with Gasteiger partial charge in [-0.1, -0.05) is 12.2 Å². The SMILES string of the molecule is CN1C2C=CC1C(O)C(O)C2O. The molecule has 2 rings (SSSR count). The van der Waals surface area contributed by atoms with Crippen LogP contribution in [0.15, 0.2) is 12.2 Å². The maximum atomic E-state index is 9.50. The first-order valence-electron chi connectivity index (χ1n) is 4.07. The highest BCUT2D eigenvalue weighted by Crippen LogP contribution is 2.29. The summed E-state index contributed by atoms with van der Waals surface area (Å²) < 4.78 is 0. The Hall–Kier alpha value is -0.420. The van der Waals surface area contributed by atoms with Gasteiger partial charge >= 0.3 is 0 Å². The molecule has 0 radical (unpaired) electrons. The van der Waals surface area contributed by atoms with Crippen molar-refractivity contribution in [2.45, 2.75) is 30.4 Å². The fourth-order valence-corrected chi connectivity index (χ4v) is 2.01. The minimum atomic E-state index is -1.02. The summed E-state index contributed by atoms with van der Waals surface area (Å²) in [6.45, 7) is 0. The van der Waals surface area contributed by atoms with E-state index in [0.717, 1.165) is 0 Å². The molecule has 3 N–H and O–H groups in total. The third-order valence-electron chi connectivity index (χ3n) is 2.85. The van der Waals surface area contributed by atoms with Crippen molar-refractivity contribution < 1.29 is 15.3 Å². The molecule has 0 saturated carbocycles. The van der Waals surface area contributed by atoms with Crippen LogP contribution >= 0.6 is 0 Å². The van der Waals surface area contributed by atoms with E-state index in [1.54, 1.807) is 0 Å². The van der Waals surface area contributed by atoms with Crippen LogP contribution < -0.4 is 0 Å². The molecule has 4 atom stereocenters. The highest BCUT2D eigenvalue weighted by atomic mass is 16.4. The number of aliphatic hydroxyl groups is 3. The molecular weight excluding hydrogens is 158 g/mol. The Morgan fingerprint density at radius 1 is 0.917 bits per heavy atom. The number of aliphatic hydroxyl groups excluding tert-OH is 3. The molecule has 12 heavy (non-hydrogen) atoms. The largest absolute Gasteiger partial charge is 0.388 e. The average Bonchev–Trinajstić information content (AvgIpc) is 2.38. The van der Waals surface area contributed by atoms with Gasteiger partial charge in [-0.05, 0) is 7.05 Å². The molecule has 2 heterocycles. The molecule has 2 bridgehead atoms. The van der Waals surface area contributed by atoms with Gasteiger partial charge < -0.3 is 15.3 Å². The number of nitrogens with zero attached hydrogens (tertiary/aromatic N) is 1. The lowest BCUT2D eigenvalue weighted by atomic mass is 9.94. The van der Waals surface area contributed by atoms with E-state index in [1.807, 2.05) is 24.1 Å². The molecule has 0 aromatic heterocycles. The number of piperidine rings is 1. The van der Waals surface area contributed by atoms with Crippen LogP contribution in [0.2, 0.25) is 0 Å². The van der Waals surface area contributed by atoms with E-state index in [-0.39, 0.29) is 12.1 Å². The number of fused-ring (bicyclic) bond motifs is 2. The summed E-state index contributed by atoms with van der Waals surface area (Å²) in [7, 11) is 1.83. The predicted octanol–water partition coefficient (Wildman–Crippen LogP) is -1.68. The van der Waals surface area contributed by atoms with Crippen molar-refractivity contribution in [3.63, 3.8) is 0 Å².